The van der Waals surface area contributed by atoms with Crippen molar-refractivity contribution in [1.29, 1.82) is 0 Å². The van der Waals surface area contributed by atoms with Crippen molar-refractivity contribution in [3.05, 3.63) is 33.3 Å². The van der Waals surface area contributed by atoms with Gasteiger partial charge in [0.25, 0.3) is 5.91 Å². The monoisotopic (exact) mass is 342 g/mol. The summed E-state index contributed by atoms with van der Waals surface area (Å²) in [6, 6.07) is 5.49. The number of hydrogen-bond donors (Lipinski definition) is 0. The van der Waals surface area contributed by atoms with Crippen LogP contribution in [0.15, 0.2) is 22.7 Å². The number of nitrogens with zero attached hydrogens (tertiary/aromatic N) is 2. The van der Waals surface area contributed by atoms with Crippen LogP contribution >= 0.6 is 27.5 Å². The zero-order chi connectivity index (χ0) is 13.6. The number of benzene rings is 1. The molecule has 1 saturated heterocycles. The van der Waals surface area contributed by atoms with E-state index >= 15 is 0 Å². The van der Waals surface area contributed by atoms with Gasteiger partial charge in [-0.1, -0.05) is 27.5 Å². The Morgan fingerprint density at radius 2 is 2.05 bits per heavy atom. The maximum absolute atomic E-state index is 12.2. The third kappa shape index (κ3) is 2.49. The van der Waals surface area contributed by atoms with Crippen molar-refractivity contribution in [2.45, 2.75) is 25.4 Å². The molecule has 1 aliphatic heterocycles. The Morgan fingerprint density at radius 3 is 2.74 bits per heavy atom. The van der Waals surface area contributed by atoms with E-state index in [4.69, 9.17) is 11.6 Å². The van der Waals surface area contributed by atoms with E-state index in [1.807, 2.05) is 12.1 Å². The predicted octanol–water partition coefficient (Wildman–Crippen LogP) is 3.03. The van der Waals surface area contributed by atoms with E-state index in [1.54, 1.807) is 11.0 Å². The van der Waals surface area contributed by atoms with Crippen LogP contribution in [-0.4, -0.2) is 34.3 Å². The summed E-state index contributed by atoms with van der Waals surface area (Å²) in [5, 5.41) is 0.564. The van der Waals surface area contributed by atoms with Crippen LogP contribution in [0.3, 0.4) is 0 Å². The normalized spacial score (nSPS) is 19.5. The Kier molecular flexibility index (Phi) is 3.27. The van der Waals surface area contributed by atoms with Gasteiger partial charge in [0.1, 0.15) is 6.54 Å². The number of carbonyl (C=O) groups is 2. The largest absolute Gasteiger partial charge is 0.327 e. The van der Waals surface area contributed by atoms with E-state index in [0.717, 1.165) is 22.9 Å². The lowest BCUT2D eigenvalue weighted by molar-refractivity contribution is -0.125. The Hall–Kier alpha value is -1.07. The fourth-order valence-electron chi connectivity index (χ4n) is 2.22. The van der Waals surface area contributed by atoms with Crippen LogP contribution in [0, 0.1) is 0 Å². The van der Waals surface area contributed by atoms with Crippen molar-refractivity contribution in [3.8, 4) is 0 Å². The maximum atomic E-state index is 12.2. The number of carbonyl (C=O) groups excluding carboxylic acids is 2. The van der Waals surface area contributed by atoms with E-state index in [1.165, 1.54) is 4.90 Å². The molecule has 0 spiro atoms. The second-order valence-electron chi connectivity index (χ2n) is 4.86. The minimum absolute atomic E-state index is 0.145. The molecular weight excluding hydrogens is 332 g/mol. The molecule has 1 aromatic rings. The number of amides is 3. The molecule has 0 radical (unpaired) electrons. The van der Waals surface area contributed by atoms with Crippen LogP contribution in [-0.2, 0) is 11.3 Å². The third-order valence-corrected chi connectivity index (χ3v) is 4.27. The highest BCUT2D eigenvalue weighted by atomic mass is 79.9. The number of imide groups is 1. The van der Waals surface area contributed by atoms with Crippen LogP contribution in [0.4, 0.5) is 4.79 Å². The second-order valence-corrected chi connectivity index (χ2v) is 6.18. The molecule has 1 saturated carbocycles. The lowest BCUT2D eigenvalue weighted by Crippen LogP contribution is -2.33. The molecule has 1 aromatic carbocycles. The van der Waals surface area contributed by atoms with Gasteiger partial charge < -0.3 is 4.90 Å². The molecule has 1 aliphatic carbocycles. The van der Waals surface area contributed by atoms with E-state index in [0.29, 0.717) is 5.02 Å². The molecule has 3 rings (SSSR count). The first-order valence-corrected chi connectivity index (χ1v) is 7.28. The maximum Gasteiger partial charge on any atom is 0.327 e. The zero-order valence-corrected chi connectivity index (χ0v) is 12.4. The molecule has 0 unspecified atom stereocenters. The molecular formula is C13H12BrClN2O2. The first kappa shape index (κ1) is 12.9. The predicted molar refractivity (Wildman–Crippen MR) is 74.8 cm³/mol. The molecule has 0 bridgehead atoms. The number of urea groups is 1. The van der Waals surface area contributed by atoms with E-state index < -0.39 is 0 Å². The molecule has 2 fully saturated rings. The van der Waals surface area contributed by atoms with E-state index in [-0.39, 0.29) is 31.1 Å². The lowest BCUT2D eigenvalue weighted by atomic mass is 10.2. The fraction of sp³-hybridized carbons (Fsp3) is 0.385. The molecule has 100 valence electrons. The van der Waals surface area contributed by atoms with Crippen molar-refractivity contribution in [3.63, 3.8) is 0 Å². The Morgan fingerprint density at radius 1 is 1.32 bits per heavy atom. The highest BCUT2D eigenvalue weighted by molar-refractivity contribution is 9.10. The molecule has 1 heterocycles. The van der Waals surface area contributed by atoms with Gasteiger partial charge in [-0.2, -0.15) is 0 Å². The first-order valence-electron chi connectivity index (χ1n) is 6.11. The van der Waals surface area contributed by atoms with Crippen molar-refractivity contribution in [1.82, 2.24) is 9.80 Å². The van der Waals surface area contributed by atoms with Gasteiger partial charge in [0.15, 0.2) is 0 Å². The van der Waals surface area contributed by atoms with Gasteiger partial charge in [0.05, 0.1) is 6.54 Å². The summed E-state index contributed by atoms with van der Waals surface area (Å²) in [5.41, 5.74) is 0.774. The molecule has 0 atom stereocenters. The van der Waals surface area contributed by atoms with E-state index in [2.05, 4.69) is 15.9 Å². The smallest absolute Gasteiger partial charge is 0.312 e. The second kappa shape index (κ2) is 4.80. The SMILES string of the molecule is O=C1CN(C2CC2)C(=O)N1Cc1cc(Br)ccc1Cl. The molecule has 3 amide bonds. The summed E-state index contributed by atoms with van der Waals surface area (Å²) in [6.45, 7) is 0.439. The minimum atomic E-state index is -0.191. The minimum Gasteiger partial charge on any atom is -0.312 e. The Bertz CT molecular complexity index is 560. The summed E-state index contributed by atoms with van der Waals surface area (Å²) in [6.07, 6.45) is 2.01. The number of rotatable bonds is 3. The van der Waals surface area contributed by atoms with Crippen molar-refractivity contribution >= 4 is 39.5 Å². The lowest BCUT2D eigenvalue weighted by Gasteiger charge is -2.17. The summed E-state index contributed by atoms with van der Waals surface area (Å²) in [4.78, 5) is 27.1. The molecule has 4 nitrogen and oxygen atoms in total. The average molecular weight is 344 g/mol. The van der Waals surface area contributed by atoms with Gasteiger partial charge in [-0.05, 0) is 36.6 Å². The van der Waals surface area contributed by atoms with Crippen LogP contribution in [0.1, 0.15) is 18.4 Å². The van der Waals surface area contributed by atoms with Crippen molar-refractivity contribution in [2.75, 3.05) is 6.54 Å². The van der Waals surface area contributed by atoms with Crippen LogP contribution in [0.25, 0.3) is 0 Å². The molecule has 6 heteroatoms. The number of hydrogen-bond acceptors (Lipinski definition) is 2. The average Bonchev–Trinajstić information content (AvgIpc) is 3.16. The Balaban J connectivity index is 1.80. The summed E-state index contributed by atoms with van der Waals surface area (Å²) in [7, 11) is 0. The Labute approximate surface area is 124 Å². The quantitative estimate of drug-likeness (QED) is 0.792. The molecule has 0 aromatic heterocycles. The van der Waals surface area contributed by atoms with Crippen LogP contribution in [0.2, 0.25) is 5.02 Å². The van der Waals surface area contributed by atoms with Gasteiger partial charge in [-0.25, -0.2) is 4.79 Å². The van der Waals surface area contributed by atoms with Crippen LogP contribution < -0.4 is 0 Å². The molecule has 0 N–H and O–H groups in total. The van der Waals surface area contributed by atoms with Crippen LogP contribution in [0.5, 0.6) is 0 Å². The van der Waals surface area contributed by atoms with Gasteiger partial charge in [-0.15, -0.1) is 0 Å². The van der Waals surface area contributed by atoms with Gasteiger partial charge >= 0.3 is 6.03 Å². The van der Waals surface area contributed by atoms with E-state index in [9.17, 15) is 9.59 Å². The topological polar surface area (TPSA) is 40.6 Å². The highest BCUT2D eigenvalue weighted by Gasteiger charge is 2.43. The highest BCUT2D eigenvalue weighted by Crippen LogP contribution is 2.31. The number of halogens is 2. The zero-order valence-electron chi connectivity index (χ0n) is 10.1. The summed E-state index contributed by atoms with van der Waals surface area (Å²) < 4.78 is 0.880. The van der Waals surface area contributed by atoms with Gasteiger partial charge in [0, 0.05) is 15.5 Å². The van der Waals surface area contributed by atoms with Gasteiger partial charge in [-0.3, -0.25) is 9.69 Å². The molecule has 19 heavy (non-hydrogen) atoms. The van der Waals surface area contributed by atoms with Crippen molar-refractivity contribution in [2.24, 2.45) is 0 Å². The summed E-state index contributed by atoms with van der Waals surface area (Å²) in [5.74, 6) is -0.145. The standard InChI is InChI=1S/C13H12BrClN2O2/c14-9-1-4-11(15)8(5-9)6-17-12(18)7-16(13(17)19)10-2-3-10/h1,4-5,10H,2-3,6-7H2. The third-order valence-electron chi connectivity index (χ3n) is 3.41. The summed E-state index contributed by atoms with van der Waals surface area (Å²) >= 11 is 9.46. The molecule has 2 aliphatic rings. The van der Waals surface area contributed by atoms with Gasteiger partial charge in [0.2, 0.25) is 0 Å². The fourth-order valence-corrected chi connectivity index (χ4v) is 2.81. The first-order chi connectivity index (χ1) is 9.06. The van der Waals surface area contributed by atoms with Crippen molar-refractivity contribution < 1.29 is 9.59 Å².